The molecule has 2 amide bonds. The number of anilines is 1. The first-order valence-corrected chi connectivity index (χ1v) is 11.7. The molecule has 3 rings (SSSR count). The molecule has 7 nitrogen and oxygen atoms in total. The minimum Gasteiger partial charge on any atom is -0.493 e. The third kappa shape index (κ3) is 7.98. The van der Waals surface area contributed by atoms with Gasteiger partial charge < -0.3 is 14.8 Å². The van der Waals surface area contributed by atoms with Crippen LogP contribution in [0.2, 0.25) is 10.0 Å². The molecule has 0 atom stereocenters. The van der Waals surface area contributed by atoms with Crippen LogP contribution in [0.4, 0.5) is 5.69 Å². The van der Waals surface area contributed by atoms with Gasteiger partial charge in [0, 0.05) is 15.6 Å². The Morgan fingerprint density at radius 3 is 2.47 bits per heavy atom. The van der Waals surface area contributed by atoms with Crippen molar-refractivity contribution in [3.8, 4) is 11.5 Å². The van der Waals surface area contributed by atoms with Crippen molar-refractivity contribution in [2.45, 2.75) is 4.90 Å². The van der Waals surface area contributed by atoms with Gasteiger partial charge in [-0.3, -0.25) is 9.59 Å². The summed E-state index contributed by atoms with van der Waals surface area (Å²) in [5.74, 6) is 0.146. The Labute approximate surface area is 211 Å². The minimum absolute atomic E-state index is 0.195. The molecular formula is C24H21Cl2N3O4S. The molecule has 10 heteroatoms. The van der Waals surface area contributed by atoms with E-state index in [4.69, 9.17) is 32.7 Å². The summed E-state index contributed by atoms with van der Waals surface area (Å²) in [4.78, 5) is 25.1. The van der Waals surface area contributed by atoms with Crippen LogP contribution in [-0.2, 0) is 9.59 Å². The van der Waals surface area contributed by atoms with Gasteiger partial charge in [0.15, 0.2) is 18.1 Å². The molecule has 0 aliphatic carbocycles. The van der Waals surface area contributed by atoms with E-state index < -0.39 is 0 Å². The van der Waals surface area contributed by atoms with Crippen LogP contribution in [0.15, 0.2) is 76.7 Å². The van der Waals surface area contributed by atoms with E-state index in [1.165, 1.54) is 25.1 Å². The van der Waals surface area contributed by atoms with Crippen molar-refractivity contribution in [1.29, 1.82) is 0 Å². The maximum atomic E-state index is 12.1. The van der Waals surface area contributed by atoms with Crippen LogP contribution in [-0.4, -0.2) is 37.5 Å². The van der Waals surface area contributed by atoms with E-state index >= 15 is 0 Å². The molecule has 0 fully saturated rings. The second-order valence-electron chi connectivity index (χ2n) is 6.77. The summed E-state index contributed by atoms with van der Waals surface area (Å²) < 4.78 is 10.9. The molecule has 0 saturated heterocycles. The zero-order valence-corrected chi connectivity index (χ0v) is 20.4. The number of carbonyl (C=O) groups excluding carboxylic acids is 2. The number of hydrogen-bond donors (Lipinski definition) is 2. The number of para-hydroxylation sites is 1. The molecular weight excluding hydrogens is 497 g/mol. The number of hydrazone groups is 1. The van der Waals surface area contributed by atoms with Crippen LogP contribution in [0.25, 0.3) is 0 Å². The normalized spacial score (nSPS) is 10.7. The average Bonchev–Trinajstić information content (AvgIpc) is 2.83. The van der Waals surface area contributed by atoms with Gasteiger partial charge in [0.05, 0.1) is 24.1 Å². The lowest BCUT2D eigenvalue weighted by molar-refractivity contribution is -0.119. The number of rotatable bonds is 10. The summed E-state index contributed by atoms with van der Waals surface area (Å²) in [6.07, 6.45) is 1.44. The van der Waals surface area contributed by atoms with Gasteiger partial charge >= 0.3 is 0 Å². The number of nitrogens with one attached hydrogen (secondary N) is 2. The van der Waals surface area contributed by atoms with Crippen molar-refractivity contribution >= 4 is 58.7 Å². The molecule has 3 aromatic rings. The highest BCUT2D eigenvalue weighted by Gasteiger charge is 2.14. The fraction of sp³-hybridized carbons (Fsp3) is 0.125. The summed E-state index contributed by atoms with van der Waals surface area (Å²) in [5.41, 5.74) is 3.70. The highest BCUT2D eigenvalue weighted by Crippen LogP contribution is 2.36. The van der Waals surface area contributed by atoms with E-state index in [-0.39, 0.29) is 34.9 Å². The Balaban J connectivity index is 1.53. The van der Waals surface area contributed by atoms with E-state index in [1.54, 1.807) is 36.4 Å². The predicted molar refractivity (Wildman–Crippen MR) is 136 cm³/mol. The number of carbonyl (C=O) groups is 2. The first-order valence-electron chi connectivity index (χ1n) is 10.00. The van der Waals surface area contributed by atoms with Gasteiger partial charge in [0.1, 0.15) is 0 Å². The zero-order valence-electron chi connectivity index (χ0n) is 18.1. The van der Waals surface area contributed by atoms with Crippen LogP contribution in [0.1, 0.15) is 5.56 Å². The Morgan fingerprint density at radius 1 is 1.03 bits per heavy atom. The predicted octanol–water partition coefficient (Wildman–Crippen LogP) is 5.26. The molecule has 0 aliphatic rings. The van der Waals surface area contributed by atoms with Crippen LogP contribution in [0.5, 0.6) is 11.5 Å². The third-order valence-electron chi connectivity index (χ3n) is 4.24. The Bertz CT molecular complexity index is 1160. The number of thioether (sulfide) groups is 1. The highest BCUT2D eigenvalue weighted by molar-refractivity contribution is 8.00. The van der Waals surface area contributed by atoms with E-state index in [1.807, 2.05) is 30.3 Å². The van der Waals surface area contributed by atoms with Gasteiger partial charge in [-0.1, -0.05) is 41.4 Å². The SMILES string of the molecule is COc1cc(/C=N\NC(=O)CSc2ccc(Cl)cc2)cc(Cl)c1OCC(=O)Nc1ccccc1. The molecule has 0 saturated carbocycles. The lowest BCUT2D eigenvalue weighted by Gasteiger charge is -2.13. The van der Waals surface area contributed by atoms with Crippen LogP contribution < -0.4 is 20.2 Å². The van der Waals surface area contributed by atoms with Crippen LogP contribution in [0, 0.1) is 0 Å². The zero-order chi connectivity index (χ0) is 24.3. The van der Waals surface area contributed by atoms with Crippen LogP contribution in [0.3, 0.4) is 0 Å². The summed E-state index contributed by atoms with van der Waals surface area (Å²) in [5, 5.41) is 7.55. The second kappa shape index (κ2) is 12.9. The lowest BCUT2D eigenvalue weighted by atomic mass is 10.2. The van der Waals surface area contributed by atoms with Crippen molar-refractivity contribution in [1.82, 2.24) is 5.43 Å². The maximum Gasteiger partial charge on any atom is 0.262 e. The molecule has 0 bridgehead atoms. The molecule has 0 radical (unpaired) electrons. The Morgan fingerprint density at radius 2 is 1.76 bits per heavy atom. The first-order chi connectivity index (χ1) is 16.4. The van der Waals surface area contributed by atoms with Gasteiger partial charge in [-0.05, 0) is 54.1 Å². The van der Waals surface area contributed by atoms with Crippen molar-refractivity contribution in [3.05, 3.63) is 82.3 Å². The van der Waals surface area contributed by atoms with Gasteiger partial charge in [-0.25, -0.2) is 5.43 Å². The number of ether oxygens (including phenoxy) is 2. The van der Waals surface area contributed by atoms with E-state index in [0.29, 0.717) is 22.0 Å². The molecule has 3 aromatic carbocycles. The van der Waals surface area contributed by atoms with Crippen molar-refractivity contribution in [2.24, 2.45) is 5.10 Å². The van der Waals surface area contributed by atoms with E-state index in [9.17, 15) is 9.59 Å². The Kier molecular flexibility index (Phi) is 9.63. The fourth-order valence-corrected chi connectivity index (χ4v) is 3.79. The Hall–Kier alpha value is -3.20. The minimum atomic E-state index is -0.339. The van der Waals surface area contributed by atoms with E-state index in [2.05, 4.69) is 15.8 Å². The molecule has 34 heavy (non-hydrogen) atoms. The largest absolute Gasteiger partial charge is 0.493 e. The van der Waals surface area contributed by atoms with Crippen molar-refractivity contribution in [3.63, 3.8) is 0 Å². The van der Waals surface area contributed by atoms with Gasteiger partial charge in [0.25, 0.3) is 5.91 Å². The number of hydrogen-bond acceptors (Lipinski definition) is 6. The summed E-state index contributed by atoms with van der Waals surface area (Å²) in [6, 6.07) is 19.5. The quantitative estimate of drug-likeness (QED) is 0.217. The van der Waals surface area contributed by atoms with Crippen molar-refractivity contribution < 1.29 is 19.1 Å². The van der Waals surface area contributed by atoms with Gasteiger partial charge in [-0.2, -0.15) is 5.10 Å². The molecule has 2 N–H and O–H groups in total. The molecule has 0 aliphatic heterocycles. The van der Waals surface area contributed by atoms with Gasteiger partial charge in [0.2, 0.25) is 5.91 Å². The number of methoxy groups -OCH3 is 1. The monoisotopic (exact) mass is 517 g/mol. The smallest absolute Gasteiger partial charge is 0.262 e. The summed E-state index contributed by atoms with van der Waals surface area (Å²) in [6.45, 7) is -0.250. The molecule has 0 aromatic heterocycles. The molecule has 0 heterocycles. The third-order valence-corrected chi connectivity index (χ3v) is 5.79. The summed E-state index contributed by atoms with van der Waals surface area (Å²) in [7, 11) is 1.46. The van der Waals surface area contributed by atoms with Crippen molar-refractivity contribution in [2.75, 3.05) is 24.8 Å². The molecule has 0 spiro atoms. The number of nitrogens with zero attached hydrogens (tertiary/aromatic N) is 1. The number of benzene rings is 3. The topological polar surface area (TPSA) is 89.0 Å². The number of halogens is 2. The summed E-state index contributed by atoms with van der Waals surface area (Å²) >= 11 is 13.5. The maximum absolute atomic E-state index is 12.1. The highest BCUT2D eigenvalue weighted by atomic mass is 35.5. The van der Waals surface area contributed by atoms with Gasteiger partial charge in [-0.15, -0.1) is 11.8 Å². The standard InChI is InChI=1S/C24H21Cl2N3O4S/c1-32-21-12-16(13-27-29-23(31)15-34-19-9-7-17(25)8-10-19)11-20(26)24(21)33-14-22(30)28-18-5-3-2-4-6-18/h2-13H,14-15H2,1H3,(H,28,30)(H,29,31)/b27-13-. The van der Waals surface area contributed by atoms with Crippen LogP contribution >= 0.6 is 35.0 Å². The first kappa shape index (κ1) is 25.4. The lowest BCUT2D eigenvalue weighted by Crippen LogP contribution is -2.20. The van der Waals surface area contributed by atoms with E-state index in [0.717, 1.165) is 4.90 Å². The number of amides is 2. The average molecular weight is 518 g/mol. The molecule has 176 valence electrons. The molecule has 0 unspecified atom stereocenters. The fourth-order valence-electron chi connectivity index (χ4n) is 2.70. The second-order valence-corrected chi connectivity index (χ2v) is 8.67.